The monoisotopic (exact) mass is 363 g/mol. The van der Waals surface area contributed by atoms with Gasteiger partial charge in [-0.2, -0.15) is 0 Å². The van der Waals surface area contributed by atoms with Crippen molar-refractivity contribution in [2.24, 2.45) is 0 Å². The van der Waals surface area contributed by atoms with E-state index in [-0.39, 0.29) is 11.7 Å². The molecule has 27 heavy (non-hydrogen) atoms. The van der Waals surface area contributed by atoms with Gasteiger partial charge in [-0.3, -0.25) is 9.78 Å². The Bertz CT molecular complexity index is 882. The highest BCUT2D eigenvalue weighted by atomic mass is 19.1. The zero-order chi connectivity index (χ0) is 19.1. The van der Waals surface area contributed by atoms with Gasteiger partial charge in [0.05, 0.1) is 11.3 Å². The van der Waals surface area contributed by atoms with Gasteiger partial charge < -0.3 is 10.2 Å². The van der Waals surface area contributed by atoms with E-state index < -0.39 is 0 Å². The number of hydrogen-bond acceptors (Lipinski definition) is 3. The number of amides is 1. The van der Waals surface area contributed by atoms with E-state index in [2.05, 4.69) is 10.3 Å². The molecule has 5 heteroatoms. The van der Waals surface area contributed by atoms with Crippen molar-refractivity contribution < 1.29 is 9.18 Å². The molecule has 0 bridgehead atoms. The Morgan fingerprint density at radius 2 is 1.78 bits per heavy atom. The number of rotatable bonds is 7. The number of halogens is 1. The van der Waals surface area contributed by atoms with Crippen LogP contribution in [0.1, 0.15) is 21.5 Å². The molecule has 1 N–H and O–H groups in total. The second-order valence-electron chi connectivity index (χ2n) is 6.41. The van der Waals surface area contributed by atoms with Crippen LogP contribution in [0.2, 0.25) is 0 Å². The highest BCUT2D eigenvalue weighted by molar-refractivity contribution is 5.94. The number of benzene rings is 2. The quantitative estimate of drug-likeness (QED) is 0.686. The summed E-state index contributed by atoms with van der Waals surface area (Å²) in [4.78, 5) is 18.5. The summed E-state index contributed by atoms with van der Waals surface area (Å²) in [7, 11) is 1.78. The third-order valence-corrected chi connectivity index (χ3v) is 4.25. The molecule has 3 aromatic rings. The first-order valence-electron chi connectivity index (χ1n) is 8.84. The van der Waals surface area contributed by atoms with Gasteiger partial charge in [-0.05, 0) is 35.7 Å². The summed E-state index contributed by atoms with van der Waals surface area (Å²) >= 11 is 0. The molecule has 0 atom stereocenters. The lowest BCUT2D eigenvalue weighted by Gasteiger charge is -2.17. The smallest absolute Gasteiger partial charge is 0.255 e. The Kier molecular flexibility index (Phi) is 6.15. The van der Waals surface area contributed by atoms with Crippen LogP contribution in [-0.4, -0.2) is 29.4 Å². The van der Waals surface area contributed by atoms with Crippen molar-refractivity contribution in [2.75, 3.05) is 18.9 Å². The third kappa shape index (κ3) is 5.38. The van der Waals surface area contributed by atoms with Crippen LogP contribution in [0.15, 0.2) is 73.1 Å². The molecule has 2 aromatic carbocycles. The first kappa shape index (κ1) is 18.6. The van der Waals surface area contributed by atoms with Crippen LogP contribution < -0.4 is 5.32 Å². The summed E-state index contributed by atoms with van der Waals surface area (Å²) in [5.74, 6) is -0.310. The van der Waals surface area contributed by atoms with Gasteiger partial charge in [-0.25, -0.2) is 4.39 Å². The Hall–Kier alpha value is -3.21. The minimum absolute atomic E-state index is 0.0754. The first-order valence-corrected chi connectivity index (χ1v) is 8.84. The lowest BCUT2D eigenvalue weighted by molar-refractivity contribution is 0.0784. The van der Waals surface area contributed by atoms with Crippen molar-refractivity contribution in [3.8, 4) is 0 Å². The molecule has 4 nitrogen and oxygen atoms in total. The molecule has 0 spiro atoms. The van der Waals surface area contributed by atoms with E-state index in [0.29, 0.717) is 18.7 Å². The fourth-order valence-electron chi connectivity index (χ4n) is 2.81. The maximum Gasteiger partial charge on any atom is 0.255 e. The SMILES string of the molecule is CN(Cc1ccccc1)C(=O)c1cncc(NCCc2ccc(F)cc2)c1. The molecule has 0 fully saturated rings. The average Bonchev–Trinajstić information content (AvgIpc) is 2.70. The minimum Gasteiger partial charge on any atom is -0.383 e. The van der Waals surface area contributed by atoms with Crippen LogP contribution in [0.5, 0.6) is 0 Å². The lowest BCUT2D eigenvalue weighted by atomic mass is 10.1. The van der Waals surface area contributed by atoms with E-state index in [1.165, 1.54) is 12.1 Å². The number of nitrogens with zero attached hydrogens (tertiary/aromatic N) is 2. The van der Waals surface area contributed by atoms with Gasteiger partial charge in [0.25, 0.3) is 5.91 Å². The molecule has 0 radical (unpaired) electrons. The maximum absolute atomic E-state index is 12.9. The maximum atomic E-state index is 12.9. The van der Waals surface area contributed by atoms with Crippen molar-refractivity contribution in [3.63, 3.8) is 0 Å². The number of carbonyl (C=O) groups is 1. The van der Waals surface area contributed by atoms with Crippen LogP contribution in [0.3, 0.4) is 0 Å². The summed E-state index contributed by atoms with van der Waals surface area (Å²) in [6, 6.07) is 18.1. The summed E-state index contributed by atoms with van der Waals surface area (Å²) in [6.45, 7) is 1.21. The van der Waals surface area contributed by atoms with Gasteiger partial charge in [0.15, 0.2) is 0 Å². The summed E-state index contributed by atoms with van der Waals surface area (Å²) in [5.41, 5.74) is 3.46. The molecular formula is C22H22FN3O. The van der Waals surface area contributed by atoms with Crippen molar-refractivity contribution in [1.82, 2.24) is 9.88 Å². The van der Waals surface area contributed by atoms with Crippen molar-refractivity contribution in [3.05, 3.63) is 95.6 Å². The second-order valence-corrected chi connectivity index (χ2v) is 6.41. The molecule has 138 valence electrons. The Morgan fingerprint density at radius 1 is 1.04 bits per heavy atom. The van der Waals surface area contributed by atoms with E-state index in [0.717, 1.165) is 23.2 Å². The van der Waals surface area contributed by atoms with E-state index in [9.17, 15) is 9.18 Å². The number of pyridine rings is 1. The normalized spacial score (nSPS) is 10.4. The molecule has 1 amide bonds. The molecule has 3 rings (SSSR count). The molecular weight excluding hydrogens is 341 g/mol. The molecule has 0 aliphatic carbocycles. The van der Waals surface area contributed by atoms with Crippen LogP contribution >= 0.6 is 0 Å². The number of aromatic nitrogens is 1. The zero-order valence-corrected chi connectivity index (χ0v) is 15.2. The lowest BCUT2D eigenvalue weighted by Crippen LogP contribution is -2.26. The van der Waals surface area contributed by atoms with Gasteiger partial charge in [0.2, 0.25) is 0 Å². The van der Waals surface area contributed by atoms with Crippen LogP contribution in [-0.2, 0) is 13.0 Å². The second kappa shape index (κ2) is 8.94. The van der Waals surface area contributed by atoms with E-state index in [1.54, 1.807) is 36.5 Å². The average molecular weight is 363 g/mol. The largest absolute Gasteiger partial charge is 0.383 e. The Labute approximate surface area is 158 Å². The summed E-state index contributed by atoms with van der Waals surface area (Å²) in [5, 5.41) is 3.26. The predicted octanol–water partition coefficient (Wildman–Crippen LogP) is 4.15. The minimum atomic E-state index is -0.234. The fraction of sp³-hybridized carbons (Fsp3) is 0.182. The van der Waals surface area contributed by atoms with Crippen LogP contribution in [0, 0.1) is 5.82 Å². The third-order valence-electron chi connectivity index (χ3n) is 4.25. The van der Waals surface area contributed by atoms with Crippen LogP contribution in [0.25, 0.3) is 0 Å². The first-order chi connectivity index (χ1) is 13.1. The van der Waals surface area contributed by atoms with Crippen molar-refractivity contribution in [1.29, 1.82) is 0 Å². The number of hydrogen-bond donors (Lipinski definition) is 1. The highest BCUT2D eigenvalue weighted by Crippen LogP contribution is 2.13. The van der Waals surface area contributed by atoms with Gasteiger partial charge in [0, 0.05) is 32.5 Å². The summed E-state index contributed by atoms with van der Waals surface area (Å²) in [6.07, 6.45) is 4.03. The molecule has 0 unspecified atom stereocenters. The van der Waals surface area contributed by atoms with E-state index in [1.807, 2.05) is 36.4 Å². The fourth-order valence-corrected chi connectivity index (χ4v) is 2.81. The van der Waals surface area contributed by atoms with Gasteiger partial charge >= 0.3 is 0 Å². The Balaban J connectivity index is 1.57. The molecule has 0 aliphatic rings. The topological polar surface area (TPSA) is 45.2 Å². The molecule has 1 aromatic heterocycles. The van der Waals surface area contributed by atoms with Crippen LogP contribution in [0.4, 0.5) is 10.1 Å². The molecule has 0 aliphatic heterocycles. The predicted molar refractivity (Wildman–Crippen MR) is 105 cm³/mol. The van der Waals surface area contributed by atoms with E-state index >= 15 is 0 Å². The van der Waals surface area contributed by atoms with Crippen molar-refractivity contribution in [2.45, 2.75) is 13.0 Å². The van der Waals surface area contributed by atoms with Gasteiger partial charge in [-0.15, -0.1) is 0 Å². The molecule has 0 saturated carbocycles. The van der Waals surface area contributed by atoms with Gasteiger partial charge in [-0.1, -0.05) is 42.5 Å². The van der Waals surface area contributed by atoms with E-state index in [4.69, 9.17) is 0 Å². The number of anilines is 1. The molecule has 1 heterocycles. The summed E-state index contributed by atoms with van der Waals surface area (Å²) < 4.78 is 12.9. The number of nitrogens with one attached hydrogen (secondary N) is 1. The molecule has 0 saturated heterocycles. The van der Waals surface area contributed by atoms with Gasteiger partial charge in [0.1, 0.15) is 5.82 Å². The van der Waals surface area contributed by atoms with Crippen molar-refractivity contribution >= 4 is 11.6 Å². The number of carbonyl (C=O) groups excluding carboxylic acids is 1. The highest BCUT2D eigenvalue weighted by Gasteiger charge is 2.13. The standard InChI is InChI=1S/C22H22FN3O/c1-26(16-18-5-3-2-4-6-18)22(27)19-13-21(15-24-14-19)25-12-11-17-7-9-20(23)10-8-17/h2-10,13-15,25H,11-12,16H2,1H3. The Morgan fingerprint density at radius 3 is 2.52 bits per heavy atom. The zero-order valence-electron chi connectivity index (χ0n) is 15.2.